The zero-order chi connectivity index (χ0) is 15.5. The summed E-state index contributed by atoms with van der Waals surface area (Å²) in [6, 6.07) is 12.1. The van der Waals surface area contributed by atoms with Crippen molar-refractivity contribution in [3.8, 4) is 0 Å². The molecule has 0 aliphatic carbocycles. The van der Waals surface area contributed by atoms with Gasteiger partial charge in [0, 0.05) is 10.9 Å². The molecule has 3 aromatic rings. The van der Waals surface area contributed by atoms with E-state index in [9.17, 15) is 9.18 Å². The van der Waals surface area contributed by atoms with Crippen molar-refractivity contribution in [2.24, 2.45) is 0 Å². The van der Waals surface area contributed by atoms with E-state index in [1.54, 1.807) is 18.4 Å². The van der Waals surface area contributed by atoms with Crippen molar-refractivity contribution in [3.05, 3.63) is 65.7 Å². The van der Waals surface area contributed by atoms with Gasteiger partial charge in [0.2, 0.25) is 5.91 Å². The van der Waals surface area contributed by atoms with Crippen LogP contribution in [0.25, 0.3) is 11.0 Å². The van der Waals surface area contributed by atoms with Gasteiger partial charge in [-0.05, 0) is 30.2 Å². The molecule has 3 nitrogen and oxygen atoms in total. The van der Waals surface area contributed by atoms with Gasteiger partial charge in [0.1, 0.15) is 11.4 Å². The molecule has 3 rings (SSSR count). The largest absolute Gasteiger partial charge is 0.464 e. The highest BCUT2D eigenvalue weighted by atomic mass is 19.1. The van der Waals surface area contributed by atoms with E-state index in [4.69, 9.17) is 4.42 Å². The lowest BCUT2D eigenvalue weighted by Crippen LogP contribution is -2.15. The zero-order valence-corrected chi connectivity index (χ0v) is 12.2. The minimum Gasteiger partial charge on any atom is -0.464 e. The molecular formula is C18H16FNO2. The van der Waals surface area contributed by atoms with E-state index in [1.165, 1.54) is 17.7 Å². The maximum absolute atomic E-state index is 13.5. The van der Waals surface area contributed by atoms with Crippen molar-refractivity contribution in [2.45, 2.75) is 19.8 Å². The second kappa shape index (κ2) is 6.02. The molecule has 112 valence electrons. The fourth-order valence-corrected chi connectivity index (χ4v) is 2.41. The van der Waals surface area contributed by atoms with Crippen LogP contribution in [0.15, 0.2) is 53.1 Å². The van der Waals surface area contributed by atoms with Crippen LogP contribution in [0.4, 0.5) is 10.1 Å². The standard InChI is InChI=1S/C18H16FNO2/c1-2-12-7-8-14-13(11-22-17(14)9-12)10-18(21)20-16-6-4-3-5-15(16)19/h3-9,11H,2,10H2,1H3,(H,20,21). The normalized spacial score (nSPS) is 10.8. The van der Waals surface area contributed by atoms with Crippen LogP contribution in [0.2, 0.25) is 0 Å². The predicted octanol–water partition coefficient (Wildman–Crippen LogP) is 4.32. The quantitative estimate of drug-likeness (QED) is 0.779. The number of amides is 1. The molecule has 4 heteroatoms. The van der Waals surface area contributed by atoms with Crippen LogP contribution < -0.4 is 5.32 Å². The van der Waals surface area contributed by atoms with Gasteiger partial charge in [0.05, 0.1) is 18.4 Å². The molecule has 0 bridgehead atoms. The third kappa shape index (κ3) is 2.86. The molecule has 0 aliphatic heterocycles. The lowest BCUT2D eigenvalue weighted by atomic mass is 10.1. The Kier molecular flexibility index (Phi) is 3.92. The highest BCUT2D eigenvalue weighted by Crippen LogP contribution is 2.23. The minimum atomic E-state index is -0.444. The molecule has 1 aromatic heterocycles. The van der Waals surface area contributed by atoms with Gasteiger partial charge < -0.3 is 9.73 Å². The van der Waals surface area contributed by atoms with E-state index < -0.39 is 5.82 Å². The summed E-state index contributed by atoms with van der Waals surface area (Å²) < 4.78 is 19.0. The van der Waals surface area contributed by atoms with Crippen LogP contribution in [0, 0.1) is 5.82 Å². The fraction of sp³-hybridized carbons (Fsp3) is 0.167. The van der Waals surface area contributed by atoms with Gasteiger partial charge >= 0.3 is 0 Å². The van der Waals surface area contributed by atoms with Gasteiger partial charge in [-0.1, -0.05) is 31.2 Å². The lowest BCUT2D eigenvalue weighted by molar-refractivity contribution is -0.115. The Morgan fingerprint density at radius 1 is 1.23 bits per heavy atom. The number of benzene rings is 2. The summed E-state index contributed by atoms with van der Waals surface area (Å²) >= 11 is 0. The molecule has 0 unspecified atom stereocenters. The van der Waals surface area contributed by atoms with E-state index in [0.717, 1.165) is 23.0 Å². The average molecular weight is 297 g/mol. The second-order valence-corrected chi connectivity index (χ2v) is 5.15. The van der Waals surface area contributed by atoms with Gasteiger partial charge in [0.15, 0.2) is 0 Å². The summed E-state index contributed by atoms with van der Waals surface area (Å²) in [5, 5.41) is 3.50. The Balaban J connectivity index is 1.78. The van der Waals surface area contributed by atoms with Crippen molar-refractivity contribution < 1.29 is 13.6 Å². The minimum absolute atomic E-state index is 0.146. The van der Waals surface area contributed by atoms with Crippen molar-refractivity contribution in [1.82, 2.24) is 0 Å². The first kappa shape index (κ1) is 14.3. The molecule has 0 saturated heterocycles. The van der Waals surface area contributed by atoms with Crippen LogP contribution in [0.1, 0.15) is 18.1 Å². The summed E-state index contributed by atoms with van der Waals surface area (Å²) in [4.78, 5) is 12.1. The number of halogens is 1. The highest BCUT2D eigenvalue weighted by Gasteiger charge is 2.12. The Labute approximate surface area is 127 Å². The number of para-hydroxylation sites is 1. The Bertz CT molecular complexity index is 823. The Morgan fingerprint density at radius 3 is 2.82 bits per heavy atom. The van der Waals surface area contributed by atoms with Crippen LogP contribution in [0.3, 0.4) is 0 Å². The zero-order valence-electron chi connectivity index (χ0n) is 12.2. The fourth-order valence-electron chi connectivity index (χ4n) is 2.41. The molecular weight excluding hydrogens is 281 g/mol. The summed E-state index contributed by atoms with van der Waals surface area (Å²) in [5.41, 5.74) is 2.94. The van der Waals surface area contributed by atoms with E-state index in [0.29, 0.717) is 0 Å². The number of aryl methyl sites for hydroxylation is 1. The predicted molar refractivity (Wildman–Crippen MR) is 84.3 cm³/mol. The van der Waals surface area contributed by atoms with Gasteiger partial charge in [-0.25, -0.2) is 4.39 Å². The third-order valence-corrected chi connectivity index (χ3v) is 3.63. The van der Waals surface area contributed by atoms with E-state index in [2.05, 4.69) is 12.2 Å². The molecule has 0 aliphatic rings. The van der Waals surface area contributed by atoms with Crippen LogP contribution >= 0.6 is 0 Å². The topological polar surface area (TPSA) is 42.2 Å². The molecule has 0 atom stereocenters. The third-order valence-electron chi connectivity index (χ3n) is 3.63. The number of anilines is 1. The summed E-state index contributed by atoms with van der Waals surface area (Å²) in [5.74, 6) is -0.715. The number of hydrogen-bond acceptors (Lipinski definition) is 2. The number of furan rings is 1. The van der Waals surface area contributed by atoms with Crippen LogP contribution in [0.5, 0.6) is 0 Å². The first-order chi connectivity index (χ1) is 10.7. The average Bonchev–Trinajstić information content (AvgIpc) is 2.91. The Hall–Kier alpha value is -2.62. The molecule has 0 radical (unpaired) electrons. The number of carbonyl (C=O) groups is 1. The van der Waals surface area contributed by atoms with Crippen molar-refractivity contribution in [1.29, 1.82) is 0 Å². The SMILES string of the molecule is CCc1ccc2c(CC(=O)Nc3ccccc3F)coc2c1. The molecule has 2 aromatic carbocycles. The lowest BCUT2D eigenvalue weighted by Gasteiger charge is -2.05. The first-order valence-electron chi connectivity index (χ1n) is 7.20. The van der Waals surface area contributed by atoms with E-state index in [-0.39, 0.29) is 18.0 Å². The number of nitrogens with one attached hydrogen (secondary N) is 1. The summed E-state index contributed by atoms with van der Waals surface area (Å²) in [6.45, 7) is 2.08. The number of fused-ring (bicyclic) bond motifs is 1. The van der Waals surface area contributed by atoms with Crippen molar-refractivity contribution in [2.75, 3.05) is 5.32 Å². The van der Waals surface area contributed by atoms with Crippen LogP contribution in [-0.4, -0.2) is 5.91 Å². The molecule has 1 heterocycles. The number of carbonyl (C=O) groups excluding carboxylic acids is 1. The smallest absolute Gasteiger partial charge is 0.229 e. The molecule has 22 heavy (non-hydrogen) atoms. The number of hydrogen-bond donors (Lipinski definition) is 1. The second-order valence-electron chi connectivity index (χ2n) is 5.15. The molecule has 0 spiro atoms. The molecule has 1 N–H and O–H groups in total. The Morgan fingerprint density at radius 2 is 2.05 bits per heavy atom. The first-order valence-corrected chi connectivity index (χ1v) is 7.20. The molecule has 0 saturated carbocycles. The van der Waals surface area contributed by atoms with Gasteiger partial charge in [-0.15, -0.1) is 0 Å². The highest BCUT2D eigenvalue weighted by molar-refractivity contribution is 5.95. The van der Waals surface area contributed by atoms with Crippen molar-refractivity contribution >= 4 is 22.6 Å². The van der Waals surface area contributed by atoms with Crippen molar-refractivity contribution in [3.63, 3.8) is 0 Å². The van der Waals surface area contributed by atoms with E-state index >= 15 is 0 Å². The summed E-state index contributed by atoms with van der Waals surface area (Å²) in [6.07, 6.45) is 2.66. The maximum atomic E-state index is 13.5. The van der Waals surface area contributed by atoms with Gasteiger partial charge in [-0.2, -0.15) is 0 Å². The van der Waals surface area contributed by atoms with Gasteiger partial charge in [-0.3, -0.25) is 4.79 Å². The maximum Gasteiger partial charge on any atom is 0.229 e. The van der Waals surface area contributed by atoms with Crippen LogP contribution in [-0.2, 0) is 17.6 Å². The molecule has 1 amide bonds. The van der Waals surface area contributed by atoms with E-state index in [1.807, 2.05) is 18.2 Å². The monoisotopic (exact) mass is 297 g/mol. The van der Waals surface area contributed by atoms with Gasteiger partial charge in [0.25, 0.3) is 0 Å². The molecule has 0 fully saturated rings. The number of rotatable bonds is 4. The summed E-state index contributed by atoms with van der Waals surface area (Å²) in [7, 11) is 0.